The van der Waals surface area contributed by atoms with Gasteiger partial charge in [0.15, 0.2) is 0 Å². The largest absolute Gasteiger partial charge is 0.481 e. The van der Waals surface area contributed by atoms with E-state index in [9.17, 15) is 4.79 Å². The second kappa shape index (κ2) is 8.48. The Bertz CT molecular complexity index is 221. The van der Waals surface area contributed by atoms with Crippen molar-refractivity contribution in [3.63, 3.8) is 0 Å². The zero-order valence-electron chi connectivity index (χ0n) is 11.3. The van der Waals surface area contributed by atoms with E-state index >= 15 is 0 Å². The van der Waals surface area contributed by atoms with Gasteiger partial charge in [-0.15, -0.1) is 0 Å². The average Bonchev–Trinajstić information content (AvgIpc) is 2.27. The highest BCUT2D eigenvalue weighted by molar-refractivity contribution is 5.70. The minimum Gasteiger partial charge on any atom is -0.481 e. The second-order valence-electron chi connectivity index (χ2n) is 5.01. The van der Waals surface area contributed by atoms with E-state index in [2.05, 4.69) is 26.1 Å². The van der Waals surface area contributed by atoms with E-state index in [-0.39, 0.29) is 12.1 Å². The number of hydrogen-bond donors (Lipinski definition) is 3. The monoisotopic (exact) mass is 245 g/mol. The molecule has 4 nitrogen and oxygen atoms in total. The maximum absolute atomic E-state index is 10.8. The molecule has 0 heterocycles. The van der Waals surface area contributed by atoms with Crippen LogP contribution in [-0.2, 0) is 4.79 Å². The first-order chi connectivity index (χ1) is 7.99. The summed E-state index contributed by atoms with van der Waals surface area (Å²) in [7, 11) is 0. The van der Waals surface area contributed by atoms with Gasteiger partial charge in [-0.3, -0.25) is 4.79 Å². The van der Waals surface area contributed by atoms with Gasteiger partial charge in [-0.2, -0.15) is 0 Å². The summed E-state index contributed by atoms with van der Waals surface area (Å²) in [5.41, 5.74) is -0.00632. The SMILES string of the molecule is CCCCC(C)(CCC)NCC(CO)C(=O)O. The van der Waals surface area contributed by atoms with E-state index in [0.717, 1.165) is 32.1 Å². The van der Waals surface area contributed by atoms with Crippen molar-refractivity contribution in [3.05, 3.63) is 0 Å². The van der Waals surface area contributed by atoms with Crippen LogP contribution in [0.1, 0.15) is 52.9 Å². The summed E-state index contributed by atoms with van der Waals surface area (Å²) in [6, 6.07) is 0. The first kappa shape index (κ1) is 16.4. The Balaban J connectivity index is 4.27. The third kappa shape index (κ3) is 6.64. The molecule has 0 amide bonds. The smallest absolute Gasteiger partial charge is 0.310 e. The van der Waals surface area contributed by atoms with Crippen LogP contribution in [0.25, 0.3) is 0 Å². The van der Waals surface area contributed by atoms with Crippen molar-refractivity contribution in [1.82, 2.24) is 5.32 Å². The van der Waals surface area contributed by atoms with Crippen LogP contribution in [0.3, 0.4) is 0 Å². The lowest BCUT2D eigenvalue weighted by atomic mass is 9.89. The molecule has 0 aromatic rings. The Morgan fingerprint density at radius 3 is 2.35 bits per heavy atom. The number of hydrogen-bond acceptors (Lipinski definition) is 3. The van der Waals surface area contributed by atoms with E-state index in [1.165, 1.54) is 0 Å². The molecular weight excluding hydrogens is 218 g/mol. The molecule has 0 saturated carbocycles. The standard InChI is InChI=1S/C13H27NO3/c1-4-6-8-13(3,7-5-2)14-9-11(10-15)12(16)17/h11,14-15H,4-10H2,1-3H3,(H,16,17). The minimum absolute atomic E-state index is 0.00632. The fourth-order valence-electron chi connectivity index (χ4n) is 2.02. The number of carboxylic acid groups (broad SMARTS) is 1. The van der Waals surface area contributed by atoms with Gasteiger partial charge in [-0.05, 0) is 19.8 Å². The highest BCUT2D eigenvalue weighted by Gasteiger charge is 2.25. The fourth-order valence-corrected chi connectivity index (χ4v) is 2.02. The molecule has 0 aliphatic carbocycles. The zero-order valence-corrected chi connectivity index (χ0v) is 11.3. The molecule has 2 atom stereocenters. The predicted molar refractivity (Wildman–Crippen MR) is 69.1 cm³/mol. The topological polar surface area (TPSA) is 69.6 Å². The molecule has 0 spiro atoms. The number of unbranched alkanes of at least 4 members (excludes halogenated alkanes) is 1. The van der Waals surface area contributed by atoms with E-state index in [0.29, 0.717) is 6.54 Å². The van der Waals surface area contributed by atoms with Crippen molar-refractivity contribution in [2.24, 2.45) is 5.92 Å². The maximum Gasteiger partial charge on any atom is 0.310 e. The van der Waals surface area contributed by atoms with Gasteiger partial charge in [0.05, 0.1) is 12.5 Å². The van der Waals surface area contributed by atoms with Crippen LogP contribution in [0.5, 0.6) is 0 Å². The van der Waals surface area contributed by atoms with Crippen LogP contribution >= 0.6 is 0 Å². The van der Waals surface area contributed by atoms with Gasteiger partial charge >= 0.3 is 5.97 Å². The summed E-state index contributed by atoms with van der Waals surface area (Å²) >= 11 is 0. The van der Waals surface area contributed by atoms with Crippen molar-refractivity contribution >= 4 is 5.97 Å². The Morgan fingerprint density at radius 2 is 1.94 bits per heavy atom. The van der Waals surface area contributed by atoms with Crippen LogP contribution in [0.15, 0.2) is 0 Å². The number of aliphatic hydroxyl groups is 1. The Labute approximate surface area is 104 Å². The lowest BCUT2D eigenvalue weighted by Crippen LogP contribution is -2.46. The van der Waals surface area contributed by atoms with Crippen molar-refractivity contribution in [1.29, 1.82) is 0 Å². The highest BCUT2D eigenvalue weighted by atomic mass is 16.4. The highest BCUT2D eigenvalue weighted by Crippen LogP contribution is 2.20. The van der Waals surface area contributed by atoms with Crippen molar-refractivity contribution < 1.29 is 15.0 Å². The number of aliphatic hydroxyl groups excluding tert-OH is 1. The number of nitrogens with one attached hydrogen (secondary N) is 1. The number of aliphatic carboxylic acids is 1. The minimum atomic E-state index is -0.936. The molecule has 0 aliphatic heterocycles. The third-order valence-electron chi connectivity index (χ3n) is 3.23. The lowest BCUT2D eigenvalue weighted by Gasteiger charge is -2.32. The Morgan fingerprint density at radius 1 is 1.29 bits per heavy atom. The first-order valence-electron chi connectivity index (χ1n) is 6.57. The van der Waals surface area contributed by atoms with Gasteiger partial charge in [-0.1, -0.05) is 33.1 Å². The van der Waals surface area contributed by atoms with E-state index < -0.39 is 11.9 Å². The van der Waals surface area contributed by atoms with Crippen LogP contribution in [0.4, 0.5) is 0 Å². The normalized spacial score (nSPS) is 16.5. The van der Waals surface area contributed by atoms with Gasteiger partial charge in [0.1, 0.15) is 0 Å². The van der Waals surface area contributed by atoms with Crippen LogP contribution < -0.4 is 5.32 Å². The van der Waals surface area contributed by atoms with Gasteiger partial charge in [0, 0.05) is 12.1 Å². The average molecular weight is 245 g/mol. The summed E-state index contributed by atoms with van der Waals surface area (Å²) in [5.74, 6) is -1.64. The van der Waals surface area contributed by atoms with Crippen molar-refractivity contribution in [3.8, 4) is 0 Å². The summed E-state index contributed by atoms with van der Waals surface area (Å²) in [6.07, 6.45) is 5.44. The summed E-state index contributed by atoms with van der Waals surface area (Å²) < 4.78 is 0. The number of carbonyl (C=O) groups is 1. The molecule has 0 bridgehead atoms. The third-order valence-corrected chi connectivity index (χ3v) is 3.23. The molecule has 0 aromatic carbocycles. The predicted octanol–water partition coefficient (Wildman–Crippen LogP) is 2.02. The van der Waals surface area contributed by atoms with Crippen LogP contribution in [0.2, 0.25) is 0 Å². The molecule has 0 aromatic heterocycles. The second-order valence-corrected chi connectivity index (χ2v) is 5.01. The number of carboxylic acids is 1. The van der Waals surface area contributed by atoms with Gasteiger partial charge < -0.3 is 15.5 Å². The Kier molecular flexibility index (Phi) is 8.17. The molecule has 102 valence electrons. The van der Waals surface area contributed by atoms with Gasteiger partial charge in [0.25, 0.3) is 0 Å². The summed E-state index contributed by atoms with van der Waals surface area (Å²) in [6.45, 7) is 6.46. The van der Waals surface area contributed by atoms with E-state index in [1.807, 2.05) is 0 Å². The number of rotatable bonds is 10. The molecule has 0 aliphatic rings. The molecule has 17 heavy (non-hydrogen) atoms. The molecule has 0 fully saturated rings. The molecular formula is C13H27NO3. The lowest BCUT2D eigenvalue weighted by molar-refractivity contribution is -0.143. The van der Waals surface area contributed by atoms with Gasteiger partial charge in [0.2, 0.25) is 0 Å². The van der Waals surface area contributed by atoms with Gasteiger partial charge in [-0.25, -0.2) is 0 Å². The molecule has 2 unspecified atom stereocenters. The van der Waals surface area contributed by atoms with E-state index in [4.69, 9.17) is 10.2 Å². The van der Waals surface area contributed by atoms with E-state index in [1.54, 1.807) is 0 Å². The zero-order chi connectivity index (χ0) is 13.3. The summed E-state index contributed by atoms with van der Waals surface area (Å²) in [5, 5.41) is 21.2. The van der Waals surface area contributed by atoms with Crippen molar-refractivity contribution in [2.45, 2.75) is 58.4 Å². The molecule has 0 rings (SSSR count). The fraction of sp³-hybridized carbons (Fsp3) is 0.923. The maximum atomic E-state index is 10.8. The van der Waals surface area contributed by atoms with Crippen LogP contribution in [-0.4, -0.2) is 34.9 Å². The molecule has 3 N–H and O–H groups in total. The van der Waals surface area contributed by atoms with Crippen molar-refractivity contribution in [2.75, 3.05) is 13.2 Å². The first-order valence-corrected chi connectivity index (χ1v) is 6.57. The molecule has 0 saturated heterocycles. The van der Waals surface area contributed by atoms with Crippen LogP contribution in [0, 0.1) is 5.92 Å². The molecule has 4 heteroatoms. The summed E-state index contributed by atoms with van der Waals surface area (Å²) in [4.78, 5) is 10.8. The quantitative estimate of drug-likeness (QED) is 0.551. The molecule has 0 radical (unpaired) electrons. The Hall–Kier alpha value is -0.610.